The highest BCUT2D eigenvalue weighted by Crippen LogP contribution is 2.21. The number of nitrogens with zero attached hydrogens (tertiary/aromatic N) is 1. The molecule has 2 heterocycles. The lowest BCUT2D eigenvalue weighted by Gasteiger charge is -2.30. The summed E-state index contributed by atoms with van der Waals surface area (Å²) in [5.74, 6) is 0.403. The molecule has 3 N–H and O–H groups in total. The number of sulfonamides is 1. The Morgan fingerprint density at radius 3 is 2.58 bits per heavy atom. The molecule has 10 heteroatoms. The van der Waals surface area contributed by atoms with Crippen LogP contribution in [0.1, 0.15) is 24.2 Å². The second-order valence-corrected chi connectivity index (χ2v) is 9.44. The molecule has 0 atom stereocenters. The number of hydrogen-bond donors (Lipinski definition) is 3. The SMILES string of the molecule is CNS(=O)(=O)c1cc(NC(=O)CN2CCC(C(=O)NCc3ccco3)CC2)ccc1C. The minimum absolute atomic E-state index is 0.00145. The van der Waals surface area contributed by atoms with Crippen LogP contribution >= 0.6 is 0 Å². The van der Waals surface area contributed by atoms with E-state index >= 15 is 0 Å². The lowest BCUT2D eigenvalue weighted by molar-refractivity contribution is -0.126. The van der Waals surface area contributed by atoms with E-state index in [9.17, 15) is 18.0 Å². The fourth-order valence-corrected chi connectivity index (χ4v) is 4.56. The Morgan fingerprint density at radius 1 is 1.19 bits per heavy atom. The molecule has 0 spiro atoms. The third-order valence-corrected chi connectivity index (χ3v) is 6.93. The predicted octanol–water partition coefficient (Wildman–Crippen LogP) is 1.46. The van der Waals surface area contributed by atoms with Gasteiger partial charge in [-0.15, -0.1) is 0 Å². The Kier molecular flexibility index (Phi) is 7.47. The van der Waals surface area contributed by atoms with Gasteiger partial charge in [0.2, 0.25) is 21.8 Å². The quantitative estimate of drug-likeness (QED) is 0.562. The molecule has 1 aromatic carbocycles. The van der Waals surface area contributed by atoms with Crippen LogP contribution in [0.3, 0.4) is 0 Å². The van der Waals surface area contributed by atoms with Crippen LogP contribution in [0.2, 0.25) is 0 Å². The van der Waals surface area contributed by atoms with E-state index < -0.39 is 10.0 Å². The van der Waals surface area contributed by atoms with E-state index in [1.54, 1.807) is 31.4 Å². The van der Waals surface area contributed by atoms with Crippen LogP contribution in [0, 0.1) is 12.8 Å². The highest BCUT2D eigenvalue weighted by Gasteiger charge is 2.26. The molecule has 0 unspecified atom stereocenters. The summed E-state index contributed by atoms with van der Waals surface area (Å²) < 4.78 is 31.7. The number of carbonyl (C=O) groups is 2. The summed E-state index contributed by atoms with van der Waals surface area (Å²) in [6.45, 7) is 3.53. The molecule has 2 aromatic rings. The minimum Gasteiger partial charge on any atom is -0.467 e. The maximum Gasteiger partial charge on any atom is 0.240 e. The topological polar surface area (TPSA) is 121 Å². The smallest absolute Gasteiger partial charge is 0.240 e. The van der Waals surface area contributed by atoms with Crippen molar-refractivity contribution < 1.29 is 22.4 Å². The van der Waals surface area contributed by atoms with Gasteiger partial charge in [-0.1, -0.05) is 6.07 Å². The van der Waals surface area contributed by atoms with Gasteiger partial charge in [0.15, 0.2) is 0 Å². The van der Waals surface area contributed by atoms with Gasteiger partial charge in [-0.25, -0.2) is 13.1 Å². The molecule has 1 aliphatic heterocycles. The Balaban J connectivity index is 1.47. The van der Waals surface area contributed by atoms with E-state index in [1.807, 2.05) is 11.0 Å². The van der Waals surface area contributed by atoms with Crippen molar-refractivity contribution >= 4 is 27.5 Å². The molecule has 1 aliphatic rings. The first-order valence-electron chi connectivity index (χ1n) is 10.1. The normalized spacial score (nSPS) is 15.5. The van der Waals surface area contributed by atoms with E-state index in [1.165, 1.54) is 13.1 Å². The molecule has 0 saturated carbocycles. The number of amides is 2. The van der Waals surface area contributed by atoms with Crippen molar-refractivity contribution in [3.05, 3.63) is 47.9 Å². The average molecular weight is 449 g/mol. The molecule has 1 fully saturated rings. The van der Waals surface area contributed by atoms with E-state index in [0.29, 0.717) is 49.5 Å². The van der Waals surface area contributed by atoms with Crippen LogP contribution in [0.15, 0.2) is 45.9 Å². The first-order valence-corrected chi connectivity index (χ1v) is 11.6. The first kappa shape index (κ1) is 23.0. The Hall–Kier alpha value is -2.69. The molecule has 0 bridgehead atoms. The Morgan fingerprint density at radius 2 is 1.94 bits per heavy atom. The summed E-state index contributed by atoms with van der Waals surface area (Å²) in [6.07, 6.45) is 2.92. The number of benzene rings is 1. The molecular formula is C21H28N4O5S. The zero-order valence-corrected chi connectivity index (χ0v) is 18.5. The largest absolute Gasteiger partial charge is 0.467 e. The number of carbonyl (C=O) groups excluding carboxylic acids is 2. The lowest BCUT2D eigenvalue weighted by Crippen LogP contribution is -2.43. The third-order valence-electron chi connectivity index (χ3n) is 5.37. The van der Waals surface area contributed by atoms with Crippen LogP contribution in [0.5, 0.6) is 0 Å². The zero-order valence-electron chi connectivity index (χ0n) is 17.7. The van der Waals surface area contributed by atoms with Crippen molar-refractivity contribution in [2.45, 2.75) is 31.2 Å². The van der Waals surface area contributed by atoms with Crippen molar-refractivity contribution in [3.8, 4) is 0 Å². The Labute approximate surface area is 182 Å². The molecule has 0 aliphatic carbocycles. The lowest BCUT2D eigenvalue weighted by atomic mass is 9.96. The van der Waals surface area contributed by atoms with Gasteiger partial charge in [-0.3, -0.25) is 14.5 Å². The van der Waals surface area contributed by atoms with Gasteiger partial charge >= 0.3 is 0 Å². The van der Waals surface area contributed by atoms with E-state index in [4.69, 9.17) is 4.42 Å². The van der Waals surface area contributed by atoms with Crippen molar-refractivity contribution in [1.29, 1.82) is 0 Å². The molecule has 168 valence electrons. The maximum absolute atomic E-state index is 12.4. The van der Waals surface area contributed by atoms with Gasteiger partial charge in [0.05, 0.1) is 24.2 Å². The zero-order chi connectivity index (χ0) is 22.4. The monoisotopic (exact) mass is 448 g/mol. The highest BCUT2D eigenvalue weighted by atomic mass is 32.2. The number of piperidine rings is 1. The molecule has 9 nitrogen and oxygen atoms in total. The number of furan rings is 1. The second kappa shape index (κ2) is 10.1. The van der Waals surface area contributed by atoms with Gasteiger partial charge in [-0.05, 0) is 69.7 Å². The summed E-state index contributed by atoms with van der Waals surface area (Å²) >= 11 is 0. The number of aryl methyl sites for hydroxylation is 1. The predicted molar refractivity (Wildman–Crippen MR) is 116 cm³/mol. The van der Waals surface area contributed by atoms with Crippen LogP contribution in [0.4, 0.5) is 5.69 Å². The molecule has 2 amide bonds. The summed E-state index contributed by atoms with van der Waals surface area (Å²) in [4.78, 5) is 26.9. The minimum atomic E-state index is -3.60. The summed E-state index contributed by atoms with van der Waals surface area (Å²) in [7, 11) is -2.26. The van der Waals surface area contributed by atoms with Crippen molar-refractivity contribution in [1.82, 2.24) is 14.9 Å². The fraction of sp³-hybridized carbons (Fsp3) is 0.429. The van der Waals surface area contributed by atoms with Crippen LogP contribution in [-0.2, 0) is 26.2 Å². The van der Waals surface area contributed by atoms with E-state index in [2.05, 4.69) is 15.4 Å². The Bertz CT molecular complexity index is 1010. The standard InChI is InChI=1S/C21H28N4O5S/c1-15-5-6-17(12-19(15)31(28,29)22-2)24-20(26)14-25-9-7-16(8-10-25)21(27)23-13-18-4-3-11-30-18/h3-6,11-12,16,22H,7-10,13-14H2,1-2H3,(H,23,27)(H,24,26). The van der Waals surface area contributed by atoms with Gasteiger partial charge in [0.25, 0.3) is 0 Å². The van der Waals surface area contributed by atoms with Gasteiger partial charge in [0.1, 0.15) is 5.76 Å². The maximum atomic E-state index is 12.4. The number of anilines is 1. The molecule has 3 rings (SSSR count). The fourth-order valence-electron chi connectivity index (χ4n) is 3.57. The molecule has 31 heavy (non-hydrogen) atoms. The number of nitrogens with one attached hydrogen (secondary N) is 3. The van der Waals surface area contributed by atoms with Crippen molar-refractivity contribution in [2.24, 2.45) is 5.92 Å². The molecule has 1 saturated heterocycles. The number of likely N-dealkylation sites (tertiary alicyclic amines) is 1. The summed E-state index contributed by atoms with van der Waals surface area (Å²) in [5, 5.41) is 5.65. The number of hydrogen-bond acceptors (Lipinski definition) is 6. The van der Waals surface area contributed by atoms with E-state index in [-0.39, 0.29) is 29.2 Å². The third kappa shape index (κ3) is 6.16. The van der Waals surface area contributed by atoms with Crippen molar-refractivity contribution in [2.75, 3.05) is 32.0 Å². The van der Waals surface area contributed by atoms with Crippen molar-refractivity contribution in [3.63, 3.8) is 0 Å². The van der Waals surface area contributed by atoms with Gasteiger partial charge in [-0.2, -0.15) is 0 Å². The highest BCUT2D eigenvalue weighted by molar-refractivity contribution is 7.89. The molecular weight excluding hydrogens is 420 g/mol. The van der Waals surface area contributed by atoms with Crippen LogP contribution in [-0.4, -0.2) is 51.8 Å². The first-order chi connectivity index (χ1) is 14.8. The van der Waals surface area contributed by atoms with Gasteiger partial charge < -0.3 is 15.1 Å². The van der Waals surface area contributed by atoms with E-state index in [0.717, 1.165) is 0 Å². The van der Waals surface area contributed by atoms with Crippen LogP contribution in [0.25, 0.3) is 0 Å². The average Bonchev–Trinajstić information content (AvgIpc) is 3.27. The number of rotatable bonds is 8. The molecule has 1 aromatic heterocycles. The summed E-state index contributed by atoms with van der Waals surface area (Å²) in [6, 6.07) is 8.38. The summed E-state index contributed by atoms with van der Waals surface area (Å²) in [5.41, 5.74) is 1.02. The molecule has 0 radical (unpaired) electrons. The van der Waals surface area contributed by atoms with Crippen LogP contribution < -0.4 is 15.4 Å². The van der Waals surface area contributed by atoms with Gasteiger partial charge in [0, 0.05) is 11.6 Å². The second-order valence-electron chi connectivity index (χ2n) is 7.58.